The van der Waals surface area contributed by atoms with Gasteiger partial charge in [0.05, 0.1) is 23.7 Å². The Hall–Kier alpha value is -2.83. The van der Waals surface area contributed by atoms with Gasteiger partial charge >= 0.3 is 0 Å². The number of hydrogen-bond donors (Lipinski definition) is 1. The zero-order valence-corrected chi connectivity index (χ0v) is 14.1. The highest BCUT2D eigenvalue weighted by Crippen LogP contribution is 2.36. The first-order chi connectivity index (χ1) is 11.6. The molecule has 3 rings (SSSR count). The van der Waals surface area contributed by atoms with Gasteiger partial charge < -0.3 is 10.2 Å². The highest BCUT2D eigenvalue weighted by molar-refractivity contribution is 7.16. The predicted octanol–water partition coefficient (Wildman–Crippen LogP) is 3.01. The Kier molecular flexibility index (Phi) is 4.50. The second-order valence-corrected chi connectivity index (χ2v) is 6.78. The summed E-state index contributed by atoms with van der Waals surface area (Å²) in [7, 11) is 0. The Morgan fingerprint density at radius 2 is 2.21 bits per heavy atom. The minimum Gasteiger partial charge on any atom is -0.372 e. The molecular formula is C18H16N4OS. The molecule has 0 spiro atoms. The van der Waals surface area contributed by atoms with Gasteiger partial charge in [0.25, 0.3) is 0 Å². The van der Waals surface area contributed by atoms with Crippen LogP contribution in [0, 0.1) is 22.7 Å². The molecule has 120 valence electrons. The second kappa shape index (κ2) is 6.74. The normalized spacial score (nSPS) is 12.9. The predicted molar refractivity (Wildman–Crippen MR) is 92.3 cm³/mol. The lowest BCUT2D eigenvalue weighted by Crippen LogP contribution is -2.33. The molecule has 24 heavy (non-hydrogen) atoms. The number of nitriles is 2. The Bertz CT molecular complexity index is 872. The van der Waals surface area contributed by atoms with Crippen LogP contribution in [0.1, 0.15) is 34.1 Å². The summed E-state index contributed by atoms with van der Waals surface area (Å²) in [5, 5.41) is 22.6. The van der Waals surface area contributed by atoms with Crippen molar-refractivity contribution in [2.45, 2.75) is 26.4 Å². The molecule has 1 amide bonds. The van der Waals surface area contributed by atoms with Gasteiger partial charge in [0.15, 0.2) is 0 Å². The van der Waals surface area contributed by atoms with Crippen LogP contribution in [0.15, 0.2) is 24.3 Å². The molecule has 0 atom stereocenters. The van der Waals surface area contributed by atoms with Crippen LogP contribution in [0.3, 0.4) is 0 Å². The average molecular weight is 336 g/mol. The average Bonchev–Trinajstić information content (AvgIpc) is 2.96. The van der Waals surface area contributed by atoms with E-state index >= 15 is 0 Å². The SMILES string of the molecule is CC(=O)N1CCc2c(sc(NCc3cccc(C#N)c3)c2C#N)C1. The molecule has 0 aliphatic carbocycles. The van der Waals surface area contributed by atoms with Crippen molar-refractivity contribution in [2.24, 2.45) is 0 Å². The second-order valence-electron chi connectivity index (χ2n) is 5.68. The summed E-state index contributed by atoms with van der Waals surface area (Å²) in [4.78, 5) is 14.5. The number of carbonyl (C=O) groups excluding carboxylic acids is 1. The number of nitrogens with one attached hydrogen (secondary N) is 1. The molecule has 1 N–H and O–H groups in total. The van der Waals surface area contributed by atoms with Gasteiger partial charge in [0.2, 0.25) is 5.91 Å². The van der Waals surface area contributed by atoms with Crippen LogP contribution in [0.5, 0.6) is 0 Å². The van der Waals surface area contributed by atoms with Crippen molar-refractivity contribution < 1.29 is 4.79 Å². The fraction of sp³-hybridized carbons (Fsp3) is 0.278. The third-order valence-electron chi connectivity index (χ3n) is 4.12. The highest BCUT2D eigenvalue weighted by Gasteiger charge is 2.25. The van der Waals surface area contributed by atoms with E-state index < -0.39 is 0 Å². The molecule has 0 radical (unpaired) electrons. The first kappa shape index (κ1) is 16.0. The zero-order valence-electron chi connectivity index (χ0n) is 13.3. The summed E-state index contributed by atoms with van der Waals surface area (Å²) in [5.74, 6) is 0.0652. The van der Waals surface area contributed by atoms with Crippen LogP contribution in [0.2, 0.25) is 0 Å². The number of rotatable bonds is 3. The van der Waals surface area contributed by atoms with Crippen LogP contribution in [0.25, 0.3) is 0 Å². The first-order valence-electron chi connectivity index (χ1n) is 7.65. The third kappa shape index (κ3) is 3.10. The molecule has 0 saturated carbocycles. The van der Waals surface area contributed by atoms with Gasteiger partial charge in [-0.05, 0) is 29.7 Å². The van der Waals surface area contributed by atoms with E-state index in [9.17, 15) is 10.1 Å². The van der Waals surface area contributed by atoms with Gasteiger partial charge in [0.1, 0.15) is 11.1 Å². The topological polar surface area (TPSA) is 79.9 Å². The fourth-order valence-electron chi connectivity index (χ4n) is 2.85. The smallest absolute Gasteiger partial charge is 0.219 e. The van der Waals surface area contributed by atoms with E-state index in [-0.39, 0.29) is 5.91 Å². The maximum atomic E-state index is 11.6. The van der Waals surface area contributed by atoms with Crippen molar-refractivity contribution in [3.8, 4) is 12.1 Å². The van der Waals surface area contributed by atoms with Gasteiger partial charge in [-0.25, -0.2) is 0 Å². The monoisotopic (exact) mass is 336 g/mol. The number of fused-ring (bicyclic) bond motifs is 1. The Morgan fingerprint density at radius 1 is 1.38 bits per heavy atom. The van der Waals surface area contributed by atoms with E-state index in [1.165, 1.54) is 0 Å². The molecule has 2 heterocycles. The summed E-state index contributed by atoms with van der Waals surface area (Å²) in [6, 6.07) is 11.8. The fourth-order valence-corrected chi connectivity index (χ4v) is 4.06. The molecule has 0 bridgehead atoms. The Labute approximate surface area is 144 Å². The molecule has 5 nitrogen and oxygen atoms in total. The zero-order chi connectivity index (χ0) is 17.1. The molecule has 1 aromatic carbocycles. The number of benzene rings is 1. The number of anilines is 1. The van der Waals surface area contributed by atoms with Crippen molar-refractivity contribution in [3.63, 3.8) is 0 Å². The van der Waals surface area contributed by atoms with Gasteiger partial charge in [-0.2, -0.15) is 10.5 Å². The minimum atomic E-state index is 0.0652. The minimum absolute atomic E-state index is 0.0652. The van der Waals surface area contributed by atoms with Crippen LogP contribution in [0.4, 0.5) is 5.00 Å². The van der Waals surface area contributed by atoms with Gasteiger partial charge in [-0.3, -0.25) is 4.79 Å². The molecule has 0 fully saturated rings. The Morgan fingerprint density at radius 3 is 2.92 bits per heavy atom. The summed E-state index contributed by atoms with van der Waals surface area (Å²) < 4.78 is 0. The molecule has 0 unspecified atom stereocenters. The summed E-state index contributed by atoms with van der Waals surface area (Å²) >= 11 is 1.54. The van der Waals surface area contributed by atoms with E-state index in [1.807, 2.05) is 18.2 Å². The quantitative estimate of drug-likeness (QED) is 0.934. The number of amides is 1. The van der Waals surface area contributed by atoms with Crippen LogP contribution in [-0.2, 0) is 24.3 Å². The number of hydrogen-bond acceptors (Lipinski definition) is 5. The maximum Gasteiger partial charge on any atom is 0.219 e. The lowest BCUT2D eigenvalue weighted by atomic mass is 10.0. The van der Waals surface area contributed by atoms with Gasteiger partial charge in [-0.15, -0.1) is 11.3 Å². The van der Waals surface area contributed by atoms with E-state index in [0.717, 1.165) is 27.4 Å². The highest BCUT2D eigenvalue weighted by atomic mass is 32.1. The van der Waals surface area contributed by atoms with E-state index in [1.54, 1.807) is 29.2 Å². The number of thiophene rings is 1. The summed E-state index contributed by atoms with van der Waals surface area (Å²) in [6.07, 6.45) is 0.722. The van der Waals surface area contributed by atoms with Crippen molar-refractivity contribution in [3.05, 3.63) is 51.4 Å². The van der Waals surface area contributed by atoms with Crippen LogP contribution in [-0.4, -0.2) is 17.4 Å². The molecular weight excluding hydrogens is 320 g/mol. The number of carbonyl (C=O) groups is 1. The van der Waals surface area contributed by atoms with Gasteiger partial charge in [-0.1, -0.05) is 12.1 Å². The van der Waals surface area contributed by atoms with E-state index in [4.69, 9.17) is 5.26 Å². The molecule has 0 saturated heterocycles. The molecule has 6 heteroatoms. The maximum absolute atomic E-state index is 11.6. The van der Waals surface area contributed by atoms with Crippen molar-refractivity contribution >= 4 is 22.2 Å². The van der Waals surface area contributed by atoms with E-state index in [2.05, 4.69) is 17.5 Å². The van der Waals surface area contributed by atoms with Crippen molar-refractivity contribution in [1.29, 1.82) is 10.5 Å². The standard InChI is InChI=1S/C18H16N4OS/c1-12(23)22-6-5-15-16(9-20)18(24-17(15)11-22)21-10-14-4-2-3-13(7-14)8-19/h2-4,7,21H,5-6,10-11H2,1H3. The molecule has 2 aromatic rings. The summed E-state index contributed by atoms with van der Waals surface area (Å²) in [6.45, 7) is 3.37. The van der Waals surface area contributed by atoms with E-state index in [0.29, 0.717) is 30.8 Å². The molecule has 1 aliphatic rings. The summed E-state index contributed by atoms with van der Waals surface area (Å²) in [5.41, 5.74) is 3.37. The Balaban J connectivity index is 1.81. The number of nitrogens with zero attached hydrogens (tertiary/aromatic N) is 3. The largest absolute Gasteiger partial charge is 0.372 e. The molecule has 1 aliphatic heterocycles. The van der Waals surface area contributed by atoms with Crippen molar-refractivity contribution in [1.82, 2.24) is 4.90 Å². The first-order valence-corrected chi connectivity index (χ1v) is 8.47. The third-order valence-corrected chi connectivity index (χ3v) is 5.30. The lowest BCUT2D eigenvalue weighted by molar-refractivity contribution is -0.129. The van der Waals surface area contributed by atoms with Crippen LogP contribution < -0.4 is 5.32 Å². The van der Waals surface area contributed by atoms with Crippen LogP contribution >= 0.6 is 11.3 Å². The lowest BCUT2D eigenvalue weighted by Gasteiger charge is -2.25. The van der Waals surface area contributed by atoms with Gasteiger partial charge in [0, 0.05) is 24.9 Å². The van der Waals surface area contributed by atoms with Crippen molar-refractivity contribution in [2.75, 3.05) is 11.9 Å². The molecule has 1 aromatic heterocycles.